The molecule has 3 heterocycles. The normalized spacial score (nSPS) is 17.0. The Hall–Kier alpha value is -2.71. The van der Waals surface area contributed by atoms with Crippen molar-refractivity contribution in [3.05, 3.63) is 35.8 Å². The molecule has 2 aromatic heterocycles. The molecule has 1 saturated heterocycles. The Morgan fingerprint density at radius 3 is 2.88 bits per heavy atom. The van der Waals surface area contributed by atoms with Crippen LogP contribution in [0.5, 0.6) is 0 Å². The fraction of sp³-hybridized carbons (Fsp3) is 0.455. The first kappa shape index (κ1) is 22.5. The van der Waals surface area contributed by atoms with Crippen molar-refractivity contribution < 1.29 is 22.1 Å². The molecule has 9 nitrogen and oxygen atoms in total. The third-order valence-electron chi connectivity index (χ3n) is 5.41. The van der Waals surface area contributed by atoms with E-state index in [1.165, 1.54) is 0 Å². The molecule has 32 heavy (non-hydrogen) atoms. The Kier molecular flexibility index (Phi) is 6.62. The first-order valence-electron chi connectivity index (χ1n) is 10.4. The predicted octanol–water partition coefficient (Wildman–Crippen LogP) is 2.61. The minimum absolute atomic E-state index is 0.0358. The number of nitrogens with zero attached hydrogens (tertiary/aromatic N) is 4. The molecule has 1 unspecified atom stereocenters. The van der Waals surface area contributed by atoms with Crippen molar-refractivity contribution in [2.45, 2.75) is 32.1 Å². The van der Waals surface area contributed by atoms with E-state index in [-0.39, 0.29) is 26.0 Å². The summed E-state index contributed by atoms with van der Waals surface area (Å²) in [5.41, 5.74) is 4.22. The van der Waals surface area contributed by atoms with E-state index in [0.29, 0.717) is 5.69 Å². The summed E-state index contributed by atoms with van der Waals surface area (Å²) in [6.07, 6.45) is 11.5. The van der Waals surface area contributed by atoms with Gasteiger partial charge in [0.05, 0.1) is 43.5 Å². The van der Waals surface area contributed by atoms with Crippen LogP contribution in [0.25, 0.3) is 22.0 Å². The highest BCUT2D eigenvalue weighted by atomic mass is 32.2. The number of rotatable bonds is 8. The van der Waals surface area contributed by atoms with Crippen LogP contribution in [0.4, 0.5) is 0 Å². The lowest BCUT2D eigenvalue weighted by Gasteiger charge is -2.23. The molecule has 0 bridgehead atoms. The van der Waals surface area contributed by atoms with Gasteiger partial charge in [0.15, 0.2) is 6.23 Å². The van der Waals surface area contributed by atoms with E-state index >= 15 is 0 Å². The van der Waals surface area contributed by atoms with Crippen LogP contribution in [0.15, 0.2) is 24.4 Å². The zero-order valence-corrected chi connectivity index (χ0v) is 19.0. The first-order chi connectivity index (χ1) is 15.4. The van der Waals surface area contributed by atoms with Crippen LogP contribution in [0, 0.1) is 12.3 Å². The molecule has 0 saturated carbocycles. The smallest absolute Gasteiger partial charge is 0.264 e. The first-order valence-corrected chi connectivity index (χ1v) is 12.2. The Balaban J connectivity index is 1.58. The van der Waals surface area contributed by atoms with Crippen LogP contribution in [-0.2, 0) is 37.4 Å². The quantitative estimate of drug-likeness (QED) is 0.291. The fourth-order valence-corrected chi connectivity index (χ4v) is 4.21. The molecule has 1 fully saturated rings. The molecular formula is C22H26N4O5S. The lowest BCUT2D eigenvalue weighted by molar-refractivity contribution is -0.0367. The summed E-state index contributed by atoms with van der Waals surface area (Å²) in [4.78, 5) is 0. The average molecular weight is 459 g/mol. The average Bonchev–Trinajstić information content (AvgIpc) is 3.33. The summed E-state index contributed by atoms with van der Waals surface area (Å²) in [6.45, 7) is 1.09. The van der Waals surface area contributed by atoms with E-state index < -0.39 is 10.1 Å². The molecule has 1 aliphatic heterocycles. The summed E-state index contributed by atoms with van der Waals surface area (Å²) >= 11 is 0. The monoisotopic (exact) mass is 458 g/mol. The number of aromatic nitrogens is 4. The summed E-state index contributed by atoms with van der Waals surface area (Å²) in [6, 6.07) is 6.04. The molecule has 1 atom stereocenters. The third-order valence-corrected chi connectivity index (χ3v) is 6.00. The zero-order valence-electron chi connectivity index (χ0n) is 18.2. The molecular weight excluding hydrogens is 432 g/mol. The van der Waals surface area contributed by atoms with Crippen molar-refractivity contribution in [2.24, 2.45) is 7.05 Å². The van der Waals surface area contributed by atoms with Gasteiger partial charge in [-0.3, -0.25) is 8.86 Å². The van der Waals surface area contributed by atoms with Gasteiger partial charge in [0, 0.05) is 24.6 Å². The van der Waals surface area contributed by atoms with E-state index in [1.54, 1.807) is 10.9 Å². The molecule has 4 rings (SSSR count). The van der Waals surface area contributed by atoms with Gasteiger partial charge in [-0.15, -0.1) is 6.42 Å². The van der Waals surface area contributed by atoms with Gasteiger partial charge < -0.3 is 9.47 Å². The molecule has 1 aromatic carbocycles. The van der Waals surface area contributed by atoms with Gasteiger partial charge in [-0.25, -0.2) is 4.68 Å². The molecule has 10 heteroatoms. The van der Waals surface area contributed by atoms with Crippen molar-refractivity contribution in [1.29, 1.82) is 0 Å². The molecule has 3 aromatic rings. The lowest BCUT2D eigenvalue weighted by atomic mass is 10.0. The van der Waals surface area contributed by atoms with Crippen molar-refractivity contribution in [2.75, 3.05) is 26.1 Å². The van der Waals surface area contributed by atoms with Crippen LogP contribution in [0.1, 0.15) is 36.9 Å². The predicted molar refractivity (Wildman–Crippen MR) is 119 cm³/mol. The number of hydrogen-bond donors (Lipinski definition) is 0. The molecule has 0 radical (unpaired) electrons. The van der Waals surface area contributed by atoms with Crippen LogP contribution in [-0.4, -0.2) is 54.1 Å². The number of terminal acetylenes is 1. The SMILES string of the molecule is C#Cc1nn(C2CCCCO2)c2ccc(-c3cnn(C)c3COCCOS(C)(=O)=O)cc12. The van der Waals surface area contributed by atoms with Crippen molar-refractivity contribution >= 4 is 21.0 Å². The summed E-state index contributed by atoms with van der Waals surface area (Å²) in [5.74, 6) is 2.69. The maximum Gasteiger partial charge on any atom is 0.264 e. The lowest BCUT2D eigenvalue weighted by Crippen LogP contribution is -2.19. The molecule has 170 valence electrons. The largest absolute Gasteiger partial charge is 0.373 e. The molecule has 1 aliphatic rings. The Morgan fingerprint density at radius 2 is 2.16 bits per heavy atom. The van der Waals surface area contributed by atoms with Crippen LogP contribution < -0.4 is 0 Å². The maximum atomic E-state index is 11.1. The summed E-state index contributed by atoms with van der Waals surface area (Å²) < 4.78 is 42.0. The number of ether oxygens (including phenoxy) is 2. The number of hydrogen-bond acceptors (Lipinski definition) is 7. The van der Waals surface area contributed by atoms with E-state index in [9.17, 15) is 8.42 Å². The topological polar surface area (TPSA) is 97.5 Å². The van der Waals surface area contributed by atoms with Crippen molar-refractivity contribution in [3.63, 3.8) is 0 Å². The standard InChI is InChI=1S/C22H26N4O5S/c1-4-19-17-13-16(8-9-20(17)26(24-19)22-7-5-6-10-30-22)18-14-23-25(2)21(18)15-29-11-12-31-32(3,27)28/h1,8-9,13-14,22H,5-7,10-12,15H2,2-3H3. The minimum Gasteiger partial charge on any atom is -0.373 e. The van der Waals surface area contributed by atoms with E-state index in [0.717, 1.165) is 59.8 Å². The Morgan fingerprint density at radius 1 is 1.31 bits per heavy atom. The fourth-order valence-electron chi connectivity index (χ4n) is 3.84. The molecule has 0 N–H and O–H groups in total. The Labute approximate surface area is 187 Å². The van der Waals surface area contributed by atoms with Gasteiger partial charge in [0.25, 0.3) is 10.1 Å². The van der Waals surface area contributed by atoms with E-state index in [2.05, 4.69) is 16.1 Å². The van der Waals surface area contributed by atoms with Gasteiger partial charge >= 0.3 is 0 Å². The Bertz CT molecular complexity index is 1250. The van der Waals surface area contributed by atoms with E-state index in [4.69, 9.17) is 20.1 Å². The minimum atomic E-state index is -3.48. The summed E-state index contributed by atoms with van der Waals surface area (Å²) in [7, 11) is -1.65. The highest BCUT2D eigenvalue weighted by molar-refractivity contribution is 7.85. The maximum absolute atomic E-state index is 11.1. The second-order valence-corrected chi connectivity index (χ2v) is 9.34. The van der Waals surface area contributed by atoms with Crippen LogP contribution in [0.3, 0.4) is 0 Å². The van der Waals surface area contributed by atoms with Crippen LogP contribution >= 0.6 is 0 Å². The zero-order chi connectivity index (χ0) is 22.7. The number of fused-ring (bicyclic) bond motifs is 1. The van der Waals surface area contributed by atoms with Gasteiger partial charge in [-0.1, -0.05) is 6.07 Å². The van der Waals surface area contributed by atoms with Gasteiger partial charge in [-0.05, 0) is 42.9 Å². The number of aryl methyl sites for hydroxylation is 1. The van der Waals surface area contributed by atoms with Gasteiger partial charge in [-0.2, -0.15) is 18.6 Å². The second-order valence-electron chi connectivity index (χ2n) is 7.70. The van der Waals surface area contributed by atoms with Crippen LogP contribution in [0.2, 0.25) is 0 Å². The third kappa shape index (κ3) is 4.86. The molecule has 0 spiro atoms. The molecule has 0 amide bonds. The van der Waals surface area contributed by atoms with Gasteiger partial charge in [0.1, 0.15) is 5.69 Å². The van der Waals surface area contributed by atoms with Crippen molar-refractivity contribution in [1.82, 2.24) is 19.6 Å². The number of benzene rings is 1. The highest BCUT2D eigenvalue weighted by Gasteiger charge is 2.21. The summed E-state index contributed by atoms with van der Waals surface area (Å²) in [5, 5.41) is 9.88. The second kappa shape index (κ2) is 9.42. The van der Waals surface area contributed by atoms with Gasteiger partial charge in [0.2, 0.25) is 0 Å². The molecule has 0 aliphatic carbocycles. The van der Waals surface area contributed by atoms with E-state index in [1.807, 2.05) is 29.9 Å². The van der Waals surface area contributed by atoms with Crippen molar-refractivity contribution in [3.8, 4) is 23.5 Å². The highest BCUT2D eigenvalue weighted by Crippen LogP contribution is 2.32.